The fourth-order valence-electron chi connectivity index (χ4n) is 4.29. The van der Waals surface area contributed by atoms with E-state index < -0.39 is 5.92 Å². The second-order valence-corrected chi connectivity index (χ2v) is 10.3. The lowest BCUT2D eigenvalue weighted by atomic mass is 9.71. The molecule has 1 N–H and O–H groups in total. The van der Waals surface area contributed by atoms with Gasteiger partial charge in [0.15, 0.2) is 5.78 Å². The molecule has 0 spiro atoms. The summed E-state index contributed by atoms with van der Waals surface area (Å²) in [6.07, 6.45) is 1.01. The Morgan fingerprint density at radius 1 is 1.24 bits per heavy atom. The zero-order chi connectivity index (χ0) is 20.7. The molecule has 2 aliphatic rings. The van der Waals surface area contributed by atoms with Crippen molar-refractivity contribution in [3.05, 3.63) is 67.8 Å². The predicted molar refractivity (Wildman–Crippen MR) is 117 cm³/mol. The number of carbonyl (C=O) groups is 2. The normalized spacial score (nSPS) is 24.5. The van der Waals surface area contributed by atoms with Crippen LogP contribution in [-0.4, -0.2) is 17.9 Å². The van der Waals surface area contributed by atoms with Crippen LogP contribution in [0.1, 0.15) is 53.2 Å². The first-order chi connectivity index (χ1) is 13.8. The molecule has 3 unspecified atom stereocenters. The van der Waals surface area contributed by atoms with Gasteiger partial charge in [-0.25, -0.2) is 0 Å². The average Bonchev–Trinajstić information content (AvgIpc) is 3.31. The molecule has 0 bridgehead atoms. The molecular weight excluding hydrogens is 402 g/mol. The maximum absolute atomic E-state index is 13.4. The van der Waals surface area contributed by atoms with Crippen LogP contribution >= 0.6 is 22.7 Å². The number of allylic oxidation sites excluding steroid dienone is 2. The lowest BCUT2D eigenvalue weighted by Crippen LogP contribution is -2.42. The monoisotopic (exact) mass is 427 g/mol. The van der Waals surface area contributed by atoms with E-state index in [2.05, 4.69) is 18.0 Å². The highest BCUT2D eigenvalue weighted by molar-refractivity contribution is 7.12. The van der Waals surface area contributed by atoms with Crippen molar-refractivity contribution in [2.45, 2.75) is 51.6 Å². The maximum Gasteiger partial charge on any atom is 0.316 e. The summed E-state index contributed by atoms with van der Waals surface area (Å²) in [5, 5.41) is 5.37. The molecule has 0 aromatic carbocycles. The molecule has 29 heavy (non-hydrogen) atoms. The zero-order valence-corrected chi connectivity index (χ0v) is 18.5. The number of carbonyl (C=O) groups excluding carboxylic acids is 2. The minimum atomic E-state index is -0.601. The smallest absolute Gasteiger partial charge is 0.316 e. The summed E-state index contributed by atoms with van der Waals surface area (Å²) < 4.78 is 5.55. The Kier molecular flexibility index (Phi) is 5.49. The van der Waals surface area contributed by atoms with E-state index in [-0.39, 0.29) is 29.7 Å². The summed E-state index contributed by atoms with van der Waals surface area (Å²) in [6.45, 7) is 9.87. The fraction of sp³-hybridized carbons (Fsp3) is 0.391. The van der Waals surface area contributed by atoms with Gasteiger partial charge >= 0.3 is 5.97 Å². The summed E-state index contributed by atoms with van der Waals surface area (Å²) in [5.74, 6) is -0.973. The lowest BCUT2D eigenvalue weighted by Gasteiger charge is -2.39. The van der Waals surface area contributed by atoms with E-state index in [4.69, 9.17) is 4.74 Å². The molecule has 0 amide bonds. The molecule has 1 aliphatic carbocycles. The van der Waals surface area contributed by atoms with Crippen LogP contribution in [0.25, 0.3) is 0 Å². The van der Waals surface area contributed by atoms with Crippen LogP contribution in [0.3, 0.4) is 0 Å². The number of nitrogens with one attached hydrogen (secondary N) is 1. The van der Waals surface area contributed by atoms with Gasteiger partial charge < -0.3 is 10.1 Å². The van der Waals surface area contributed by atoms with Gasteiger partial charge in [0.05, 0.1) is 6.10 Å². The van der Waals surface area contributed by atoms with Gasteiger partial charge in [-0.05, 0) is 50.8 Å². The molecular formula is C23H25NO3S2. The third kappa shape index (κ3) is 3.83. The summed E-state index contributed by atoms with van der Waals surface area (Å²) in [5.41, 5.74) is 2.26. The van der Waals surface area contributed by atoms with E-state index in [1.54, 1.807) is 22.7 Å². The van der Waals surface area contributed by atoms with Crippen molar-refractivity contribution >= 4 is 34.4 Å². The van der Waals surface area contributed by atoms with Crippen molar-refractivity contribution in [2.75, 3.05) is 0 Å². The highest BCUT2D eigenvalue weighted by Gasteiger charge is 2.46. The third-order valence-electron chi connectivity index (χ3n) is 5.46. The molecule has 0 radical (unpaired) electrons. The molecule has 4 rings (SSSR count). The first-order valence-corrected chi connectivity index (χ1v) is 11.6. The third-order valence-corrected chi connectivity index (χ3v) is 7.58. The van der Waals surface area contributed by atoms with Gasteiger partial charge in [-0.1, -0.05) is 12.6 Å². The van der Waals surface area contributed by atoms with Gasteiger partial charge in [-0.15, -0.1) is 22.7 Å². The summed E-state index contributed by atoms with van der Waals surface area (Å²) in [6, 6.07) is 8.19. The first kappa shape index (κ1) is 20.1. The van der Waals surface area contributed by atoms with E-state index in [0.29, 0.717) is 12.1 Å². The Morgan fingerprint density at radius 2 is 2.03 bits per heavy atom. The summed E-state index contributed by atoms with van der Waals surface area (Å²) in [4.78, 5) is 29.7. The second kappa shape index (κ2) is 7.92. The van der Waals surface area contributed by atoms with Gasteiger partial charge in [0, 0.05) is 49.9 Å². The van der Waals surface area contributed by atoms with Crippen molar-refractivity contribution in [1.82, 2.24) is 5.32 Å². The Labute approximate surface area is 179 Å². The van der Waals surface area contributed by atoms with Crippen LogP contribution in [0.4, 0.5) is 0 Å². The summed E-state index contributed by atoms with van der Waals surface area (Å²) in [7, 11) is 0. The Balaban J connectivity index is 1.78. The molecule has 6 heteroatoms. The quantitative estimate of drug-likeness (QED) is 0.674. The maximum atomic E-state index is 13.4. The number of hydrogen-bond acceptors (Lipinski definition) is 6. The standard InChI is InChI=1S/C23H25NO3S2/c1-12(2)27-23(26)20-14(4)24-16-10-15(18-6-5-9-28-18)11-17(25)21(16)22(20)19-8-7-13(3)29-19/h5-9,12,15,20,22,24H,4,10-11H2,1-3H3. The minimum absolute atomic E-state index is 0.114. The van der Waals surface area contributed by atoms with Gasteiger partial charge in [-0.3, -0.25) is 9.59 Å². The highest BCUT2D eigenvalue weighted by Crippen LogP contribution is 2.49. The molecule has 3 atom stereocenters. The van der Waals surface area contributed by atoms with Gasteiger partial charge in [-0.2, -0.15) is 0 Å². The number of rotatable bonds is 4. The van der Waals surface area contributed by atoms with Crippen molar-refractivity contribution < 1.29 is 14.3 Å². The van der Waals surface area contributed by atoms with E-state index in [1.165, 1.54) is 4.88 Å². The van der Waals surface area contributed by atoms with Crippen LogP contribution in [0.5, 0.6) is 0 Å². The molecule has 0 saturated carbocycles. The van der Waals surface area contributed by atoms with Gasteiger partial charge in [0.1, 0.15) is 5.92 Å². The highest BCUT2D eigenvalue weighted by atomic mass is 32.1. The molecule has 2 aromatic heterocycles. The zero-order valence-electron chi connectivity index (χ0n) is 16.9. The SMILES string of the molecule is C=C1NC2=C(C(=O)CC(c3cccs3)C2)C(c2ccc(C)s2)C1C(=O)OC(C)C. The molecule has 2 aromatic rings. The van der Waals surface area contributed by atoms with Crippen LogP contribution in [0, 0.1) is 12.8 Å². The van der Waals surface area contributed by atoms with E-state index in [1.807, 2.05) is 44.4 Å². The largest absolute Gasteiger partial charge is 0.462 e. The first-order valence-electron chi connectivity index (χ1n) is 9.87. The average molecular weight is 428 g/mol. The molecule has 0 saturated heterocycles. The molecule has 4 nitrogen and oxygen atoms in total. The fourth-order valence-corrected chi connectivity index (χ4v) is 6.14. The number of hydrogen-bond donors (Lipinski definition) is 1. The van der Waals surface area contributed by atoms with Crippen molar-refractivity contribution in [1.29, 1.82) is 0 Å². The second-order valence-electron chi connectivity index (χ2n) is 7.98. The van der Waals surface area contributed by atoms with Gasteiger partial charge in [0.25, 0.3) is 0 Å². The van der Waals surface area contributed by atoms with E-state index in [9.17, 15) is 9.59 Å². The number of aryl methyl sites for hydroxylation is 1. The Bertz CT molecular complexity index is 984. The molecule has 1 aliphatic heterocycles. The number of ether oxygens (including phenoxy) is 1. The number of Topliss-reactive ketones (excluding diaryl/α,β-unsaturated/α-hetero) is 1. The van der Waals surface area contributed by atoms with Crippen molar-refractivity contribution in [2.24, 2.45) is 5.92 Å². The van der Waals surface area contributed by atoms with Crippen LogP contribution in [-0.2, 0) is 14.3 Å². The number of thiophene rings is 2. The summed E-state index contributed by atoms with van der Waals surface area (Å²) >= 11 is 3.32. The van der Waals surface area contributed by atoms with Crippen molar-refractivity contribution in [3.63, 3.8) is 0 Å². The molecule has 3 heterocycles. The van der Waals surface area contributed by atoms with Gasteiger partial charge in [0.2, 0.25) is 0 Å². The van der Waals surface area contributed by atoms with E-state index >= 15 is 0 Å². The number of ketones is 1. The van der Waals surface area contributed by atoms with E-state index in [0.717, 1.165) is 27.4 Å². The Morgan fingerprint density at radius 3 is 2.66 bits per heavy atom. The minimum Gasteiger partial charge on any atom is -0.462 e. The lowest BCUT2D eigenvalue weighted by molar-refractivity contribution is -0.151. The topological polar surface area (TPSA) is 55.4 Å². The van der Waals surface area contributed by atoms with Crippen LogP contribution in [0.2, 0.25) is 0 Å². The van der Waals surface area contributed by atoms with Crippen molar-refractivity contribution in [3.8, 4) is 0 Å². The van der Waals surface area contributed by atoms with Crippen LogP contribution < -0.4 is 5.32 Å². The predicted octanol–water partition coefficient (Wildman–Crippen LogP) is 5.29. The molecule has 152 valence electrons. The number of esters is 1. The Hall–Kier alpha value is -2.18. The molecule has 0 fully saturated rings. The van der Waals surface area contributed by atoms with Crippen LogP contribution in [0.15, 0.2) is 53.2 Å².